The van der Waals surface area contributed by atoms with E-state index in [1.165, 1.54) is 0 Å². The Bertz CT molecular complexity index is 636. The molecule has 0 saturated carbocycles. The van der Waals surface area contributed by atoms with Gasteiger partial charge in [-0.2, -0.15) is 0 Å². The van der Waals surface area contributed by atoms with E-state index in [1.54, 1.807) is 0 Å². The predicted molar refractivity (Wildman–Crippen MR) is 93.5 cm³/mol. The van der Waals surface area contributed by atoms with Crippen LogP contribution in [0.5, 0.6) is 0 Å². The van der Waals surface area contributed by atoms with Crippen molar-refractivity contribution < 1.29 is 4.79 Å². The Balaban J connectivity index is 1.83. The summed E-state index contributed by atoms with van der Waals surface area (Å²) in [5.41, 5.74) is 2.12. The van der Waals surface area contributed by atoms with Crippen LogP contribution >= 0.6 is 11.6 Å². The minimum atomic E-state index is -0.143. The summed E-state index contributed by atoms with van der Waals surface area (Å²) in [6.07, 6.45) is 1.79. The molecule has 2 N–H and O–H groups in total. The topological polar surface area (TPSA) is 41.1 Å². The zero-order chi connectivity index (χ0) is 16.1. The Labute approximate surface area is 142 Å². The second-order valence-electron chi connectivity index (χ2n) is 5.93. The summed E-state index contributed by atoms with van der Waals surface area (Å²) in [7, 11) is 0. The van der Waals surface area contributed by atoms with Gasteiger partial charge in [-0.15, -0.1) is 0 Å². The zero-order valence-corrected chi connectivity index (χ0v) is 13.7. The van der Waals surface area contributed by atoms with Crippen LogP contribution in [-0.4, -0.2) is 19.0 Å². The van der Waals surface area contributed by atoms with Gasteiger partial charge in [-0.05, 0) is 49.2 Å². The zero-order valence-electron chi connectivity index (χ0n) is 13.0. The van der Waals surface area contributed by atoms with Crippen molar-refractivity contribution in [3.05, 3.63) is 70.7 Å². The van der Waals surface area contributed by atoms with Crippen molar-refractivity contribution in [3.8, 4) is 0 Å². The van der Waals surface area contributed by atoms with E-state index >= 15 is 0 Å². The highest BCUT2D eigenvalue weighted by Crippen LogP contribution is 2.25. The fourth-order valence-electron chi connectivity index (χ4n) is 3.00. The number of piperidine rings is 1. The van der Waals surface area contributed by atoms with Gasteiger partial charge in [0.1, 0.15) is 0 Å². The van der Waals surface area contributed by atoms with E-state index in [1.807, 2.05) is 54.6 Å². The fraction of sp³-hybridized carbons (Fsp3) is 0.316. The number of nitrogens with one attached hydrogen (secondary N) is 2. The van der Waals surface area contributed by atoms with Crippen molar-refractivity contribution in [2.45, 2.75) is 18.9 Å². The summed E-state index contributed by atoms with van der Waals surface area (Å²) in [5.74, 6) is 0.227. The van der Waals surface area contributed by atoms with Crippen molar-refractivity contribution in [2.24, 2.45) is 5.92 Å². The van der Waals surface area contributed by atoms with Crippen LogP contribution in [0.2, 0.25) is 5.02 Å². The summed E-state index contributed by atoms with van der Waals surface area (Å²) in [4.78, 5) is 12.7. The highest BCUT2D eigenvalue weighted by atomic mass is 35.5. The normalized spacial score (nSPS) is 16.7. The quantitative estimate of drug-likeness (QED) is 0.901. The maximum Gasteiger partial charge on any atom is 0.223 e. The average Bonchev–Trinajstić information content (AvgIpc) is 2.62. The Morgan fingerprint density at radius 3 is 2.26 bits per heavy atom. The van der Waals surface area contributed by atoms with E-state index in [2.05, 4.69) is 10.6 Å². The lowest BCUT2D eigenvalue weighted by Gasteiger charge is -2.26. The molecule has 1 aliphatic heterocycles. The van der Waals surface area contributed by atoms with Gasteiger partial charge in [-0.25, -0.2) is 0 Å². The van der Waals surface area contributed by atoms with Crippen molar-refractivity contribution in [2.75, 3.05) is 13.1 Å². The highest BCUT2D eigenvalue weighted by molar-refractivity contribution is 6.30. The molecule has 1 amide bonds. The molecule has 1 saturated heterocycles. The molecular formula is C19H21ClN2O. The summed E-state index contributed by atoms with van der Waals surface area (Å²) < 4.78 is 0. The van der Waals surface area contributed by atoms with E-state index in [0.29, 0.717) is 5.02 Å². The maximum atomic E-state index is 12.7. The van der Waals surface area contributed by atoms with Crippen molar-refractivity contribution in [3.63, 3.8) is 0 Å². The van der Waals surface area contributed by atoms with Crippen LogP contribution in [0.1, 0.15) is 30.0 Å². The van der Waals surface area contributed by atoms with E-state index in [-0.39, 0.29) is 17.9 Å². The largest absolute Gasteiger partial charge is 0.345 e. The molecule has 1 heterocycles. The number of carbonyl (C=O) groups is 1. The van der Waals surface area contributed by atoms with Gasteiger partial charge in [0.05, 0.1) is 6.04 Å². The summed E-state index contributed by atoms with van der Waals surface area (Å²) in [5, 5.41) is 7.23. The molecule has 2 aromatic carbocycles. The Hall–Kier alpha value is -1.84. The first-order valence-electron chi connectivity index (χ1n) is 8.05. The van der Waals surface area contributed by atoms with Crippen LogP contribution in [0.3, 0.4) is 0 Å². The molecule has 3 rings (SSSR count). The molecule has 4 heteroatoms. The molecule has 23 heavy (non-hydrogen) atoms. The second-order valence-corrected chi connectivity index (χ2v) is 6.36. The van der Waals surface area contributed by atoms with Gasteiger partial charge < -0.3 is 10.6 Å². The number of benzene rings is 2. The molecule has 2 aromatic rings. The third-order valence-corrected chi connectivity index (χ3v) is 4.58. The Morgan fingerprint density at radius 2 is 1.61 bits per heavy atom. The fourth-order valence-corrected chi connectivity index (χ4v) is 3.13. The first kappa shape index (κ1) is 16.0. The van der Waals surface area contributed by atoms with Crippen LogP contribution in [0.15, 0.2) is 54.6 Å². The smallest absolute Gasteiger partial charge is 0.223 e. The third-order valence-electron chi connectivity index (χ3n) is 4.33. The summed E-state index contributed by atoms with van der Waals surface area (Å²) in [6, 6.07) is 17.6. The average molecular weight is 329 g/mol. The molecule has 0 aliphatic carbocycles. The number of amides is 1. The lowest BCUT2D eigenvalue weighted by atomic mass is 9.94. The van der Waals surface area contributed by atoms with Crippen LogP contribution in [0.4, 0.5) is 0 Å². The first-order chi connectivity index (χ1) is 11.2. The third kappa shape index (κ3) is 4.12. The van der Waals surface area contributed by atoms with E-state index < -0.39 is 0 Å². The lowest BCUT2D eigenvalue weighted by Crippen LogP contribution is -2.40. The molecular weight excluding hydrogens is 308 g/mol. The predicted octanol–water partition coefficient (Wildman–Crippen LogP) is 3.55. The standard InChI is InChI=1S/C19H21ClN2O/c20-17-8-6-15(7-9-17)18(14-4-2-1-3-5-14)22-19(23)16-10-12-21-13-11-16/h1-9,16,18,21H,10-13H2,(H,22,23). The molecule has 0 spiro atoms. The molecule has 1 atom stereocenters. The molecule has 0 bridgehead atoms. The van der Waals surface area contributed by atoms with Gasteiger partial charge in [-0.1, -0.05) is 54.1 Å². The van der Waals surface area contributed by atoms with Gasteiger partial charge in [-0.3, -0.25) is 4.79 Å². The van der Waals surface area contributed by atoms with Crippen molar-refractivity contribution >= 4 is 17.5 Å². The SMILES string of the molecule is O=C(NC(c1ccccc1)c1ccc(Cl)cc1)C1CCNCC1. The molecule has 1 aliphatic rings. The van der Waals surface area contributed by atoms with Crippen LogP contribution in [0.25, 0.3) is 0 Å². The van der Waals surface area contributed by atoms with Gasteiger partial charge >= 0.3 is 0 Å². The van der Waals surface area contributed by atoms with Gasteiger partial charge in [0.15, 0.2) is 0 Å². The van der Waals surface area contributed by atoms with Crippen molar-refractivity contribution in [1.29, 1.82) is 0 Å². The molecule has 1 unspecified atom stereocenters. The van der Waals surface area contributed by atoms with E-state index in [4.69, 9.17) is 11.6 Å². The number of carbonyl (C=O) groups excluding carboxylic acids is 1. The van der Waals surface area contributed by atoms with Crippen LogP contribution in [0, 0.1) is 5.92 Å². The maximum absolute atomic E-state index is 12.7. The minimum absolute atomic E-state index is 0.0924. The number of halogens is 1. The van der Waals surface area contributed by atoms with Gasteiger partial charge in [0.2, 0.25) is 5.91 Å². The highest BCUT2D eigenvalue weighted by Gasteiger charge is 2.24. The molecule has 1 fully saturated rings. The number of rotatable bonds is 4. The van der Waals surface area contributed by atoms with Gasteiger partial charge in [0.25, 0.3) is 0 Å². The summed E-state index contributed by atoms with van der Waals surface area (Å²) >= 11 is 6.00. The second kappa shape index (κ2) is 7.62. The molecule has 120 valence electrons. The van der Waals surface area contributed by atoms with E-state index in [9.17, 15) is 4.79 Å². The Morgan fingerprint density at radius 1 is 1.00 bits per heavy atom. The Kier molecular flexibility index (Phi) is 5.31. The minimum Gasteiger partial charge on any atom is -0.345 e. The lowest BCUT2D eigenvalue weighted by molar-refractivity contribution is -0.126. The van der Waals surface area contributed by atoms with Crippen molar-refractivity contribution in [1.82, 2.24) is 10.6 Å². The van der Waals surface area contributed by atoms with Gasteiger partial charge in [0, 0.05) is 10.9 Å². The molecule has 0 radical (unpaired) electrons. The molecule has 3 nitrogen and oxygen atoms in total. The molecule has 0 aromatic heterocycles. The van der Waals surface area contributed by atoms with Crippen LogP contribution in [-0.2, 0) is 4.79 Å². The van der Waals surface area contributed by atoms with E-state index in [0.717, 1.165) is 37.1 Å². The summed E-state index contributed by atoms with van der Waals surface area (Å²) in [6.45, 7) is 1.82. The van der Waals surface area contributed by atoms with Crippen LogP contribution < -0.4 is 10.6 Å². The monoisotopic (exact) mass is 328 g/mol. The number of hydrogen-bond acceptors (Lipinski definition) is 2. The first-order valence-corrected chi connectivity index (χ1v) is 8.43. The number of hydrogen-bond donors (Lipinski definition) is 2.